The Balaban J connectivity index is 1.83. The molecule has 0 saturated carbocycles. The van der Waals surface area contributed by atoms with E-state index in [0.717, 1.165) is 52.1 Å². The van der Waals surface area contributed by atoms with Gasteiger partial charge < -0.3 is 15.0 Å². The van der Waals surface area contributed by atoms with Crippen molar-refractivity contribution in [1.82, 2.24) is 15.1 Å². The van der Waals surface area contributed by atoms with Gasteiger partial charge in [0.25, 0.3) is 0 Å². The Morgan fingerprint density at radius 1 is 1.33 bits per heavy atom. The Hall–Kier alpha value is -0.650. The van der Waals surface area contributed by atoms with Gasteiger partial charge in [-0.1, -0.05) is 0 Å². The SMILES string of the molecule is COC1(C)CCCN(CC(=O)N2CCNCC2)C1. The first-order valence-corrected chi connectivity index (χ1v) is 6.89. The fourth-order valence-corrected chi connectivity index (χ4v) is 2.81. The lowest BCUT2D eigenvalue weighted by atomic mass is 9.95. The predicted octanol–water partition coefficient (Wildman–Crippen LogP) is -0.0809. The summed E-state index contributed by atoms with van der Waals surface area (Å²) in [5.74, 6) is 0.261. The largest absolute Gasteiger partial charge is 0.377 e. The molecule has 1 amide bonds. The Kier molecular flexibility index (Phi) is 4.59. The molecule has 18 heavy (non-hydrogen) atoms. The van der Waals surface area contributed by atoms with Crippen molar-refractivity contribution in [2.75, 3.05) is 52.9 Å². The molecule has 1 atom stereocenters. The second-order valence-corrected chi connectivity index (χ2v) is 5.60. The summed E-state index contributed by atoms with van der Waals surface area (Å²) in [6.07, 6.45) is 2.20. The van der Waals surface area contributed by atoms with Gasteiger partial charge in [-0.15, -0.1) is 0 Å². The zero-order valence-electron chi connectivity index (χ0n) is 11.6. The van der Waals surface area contributed by atoms with Gasteiger partial charge in [-0.05, 0) is 26.3 Å². The summed E-state index contributed by atoms with van der Waals surface area (Å²) in [5.41, 5.74) is -0.0814. The molecule has 2 rings (SSSR count). The first kappa shape index (κ1) is 13.8. The molecule has 0 aromatic rings. The van der Waals surface area contributed by atoms with Crippen LogP contribution in [0.5, 0.6) is 0 Å². The molecule has 0 aromatic heterocycles. The highest BCUT2D eigenvalue weighted by Gasteiger charge is 2.32. The number of rotatable bonds is 3. The fourth-order valence-electron chi connectivity index (χ4n) is 2.81. The lowest BCUT2D eigenvalue weighted by Gasteiger charge is -2.40. The number of carbonyl (C=O) groups excluding carboxylic acids is 1. The molecule has 0 aromatic carbocycles. The molecule has 2 fully saturated rings. The average Bonchev–Trinajstić information content (AvgIpc) is 2.40. The van der Waals surface area contributed by atoms with Crippen molar-refractivity contribution >= 4 is 5.91 Å². The Bertz CT molecular complexity index is 292. The molecule has 5 nitrogen and oxygen atoms in total. The molecule has 2 heterocycles. The predicted molar refractivity (Wildman–Crippen MR) is 70.5 cm³/mol. The lowest BCUT2D eigenvalue weighted by Crippen LogP contribution is -2.53. The minimum Gasteiger partial charge on any atom is -0.377 e. The van der Waals surface area contributed by atoms with Crippen LogP contribution in [0.4, 0.5) is 0 Å². The van der Waals surface area contributed by atoms with E-state index in [-0.39, 0.29) is 11.5 Å². The minimum atomic E-state index is -0.0814. The zero-order chi connectivity index (χ0) is 13.0. The number of nitrogens with one attached hydrogen (secondary N) is 1. The standard InChI is InChI=1S/C13H25N3O2/c1-13(18-2)4-3-7-15(11-13)10-12(17)16-8-5-14-6-9-16/h14H,3-11H2,1-2H3. The molecule has 0 aliphatic carbocycles. The van der Waals surface area contributed by atoms with E-state index in [2.05, 4.69) is 17.1 Å². The molecule has 0 radical (unpaired) electrons. The van der Waals surface area contributed by atoms with E-state index < -0.39 is 0 Å². The lowest BCUT2D eigenvalue weighted by molar-refractivity contribution is -0.135. The van der Waals surface area contributed by atoms with Crippen molar-refractivity contribution in [2.24, 2.45) is 0 Å². The first-order valence-electron chi connectivity index (χ1n) is 6.89. The highest BCUT2D eigenvalue weighted by atomic mass is 16.5. The van der Waals surface area contributed by atoms with Gasteiger partial charge >= 0.3 is 0 Å². The monoisotopic (exact) mass is 255 g/mol. The van der Waals surface area contributed by atoms with E-state index in [1.807, 2.05) is 4.90 Å². The van der Waals surface area contributed by atoms with E-state index in [0.29, 0.717) is 6.54 Å². The number of likely N-dealkylation sites (tertiary alicyclic amines) is 1. The molecule has 0 bridgehead atoms. The highest BCUT2D eigenvalue weighted by Crippen LogP contribution is 2.23. The van der Waals surface area contributed by atoms with E-state index in [1.165, 1.54) is 0 Å². The summed E-state index contributed by atoms with van der Waals surface area (Å²) in [7, 11) is 1.77. The summed E-state index contributed by atoms with van der Waals surface area (Å²) in [5, 5.41) is 3.27. The third-order valence-electron chi connectivity index (χ3n) is 4.06. The molecular formula is C13H25N3O2. The van der Waals surface area contributed by atoms with Crippen molar-refractivity contribution in [3.8, 4) is 0 Å². The number of piperazine rings is 1. The summed E-state index contributed by atoms with van der Waals surface area (Å²) in [4.78, 5) is 16.4. The van der Waals surface area contributed by atoms with E-state index in [4.69, 9.17) is 4.74 Å². The second kappa shape index (κ2) is 5.99. The molecular weight excluding hydrogens is 230 g/mol. The maximum absolute atomic E-state index is 12.2. The number of methoxy groups -OCH3 is 1. The summed E-state index contributed by atoms with van der Waals surface area (Å²) < 4.78 is 5.56. The van der Waals surface area contributed by atoms with Gasteiger partial charge in [0.15, 0.2) is 0 Å². The Labute approximate surface area is 109 Å². The quantitative estimate of drug-likeness (QED) is 0.766. The summed E-state index contributed by atoms with van der Waals surface area (Å²) in [6, 6.07) is 0. The van der Waals surface area contributed by atoms with Gasteiger partial charge in [-0.3, -0.25) is 9.69 Å². The van der Waals surface area contributed by atoms with Gasteiger partial charge in [0.05, 0.1) is 12.1 Å². The third kappa shape index (κ3) is 3.43. The van der Waals surface area contributed by atoms with Gasteiger partial charge in [0.2, 0.25) is 5.91 Å². The van der Waals surface area contributed by atoms with Crippen molar-refractivity contribution in [2.45, 2.75) is 25.4 Å². The summed E-state index contributed by atoms with van der Waals surface area (Å²) in [6.45, 7) is 8.07. The van der Waals surface area contributed by atoms with Crippen molar-refractivity contribution in [3.05, 3.63) is 0 Å². The van der Waals surface area contributed by atoms with Crippen LogP contribution in [0.2, 0.25) is 0 Å². The van der Waals surface area contributed by atoms with Crippen molar-refractivity contribution < 1.29 is 9.53 Å². The normalized spacial score (nSPS) is 30.4. The Morgan fingerprint density at radius 2 is 2.06 bits per heavy atom. The van der Waals surface area contributed by atoms with E-state index in [9.17, 15) is 4.79 Å². The number of amides is 1. The zero-order valence-corrected chi connectivity index (χ0v) is 11.6. The average molecular weight is 255 g/mol. The summed E-state index contributed by atoms with van der Waals surface area (Å²) >= 11 is 0. The molecule has 2 saturated heterocycles. The van der Waals surface area contributed by atoms with Gasteiger partial charge in [-0.2, -0.15) is 0 Å². The van der Waals surface area contributed by atoms with Crippen LogP contribution in [0.3, 0.4) is 0 Å². The van der Waals surface area contributed by atoms with Crippen LogP contribution in [0.25, 0.3) is 0 Å². The van der Waals surface area contributed by atoms with Crippen LogP contribution in [-0.2, 0) is 9.53 Å². The van der Waals surface area contributed by atoms with Crippen LogP contribution < -0.4 is 5.32 Å². The maximum atomic E-state index is 12.2. The van der Waals surface area contributed by atoms with Crippen molar-refractivity contribution in [1.29, 1.82) is 0 Å². The Morgan fingerprint density at radius 3 is 2.72 bits per heavy atom. The van der Waals surface area contributed by atoms with Crippen LogP contribution in [0.1, 0.15) is 19.8 Å². The number of ether oxygens (including phenoxy) is 1. The van der Waals surface area contributed by atoms with Crippen LogP contribution >= 0.6 is 0 Å². The van der Waals surface area contributed by atoms with Crippen molar-refractivity contribution in [3.63, 3.8) is 0 Å². The van der Waals surface area contributed by atoms with Gasteiger partial charge in [0.1, 0.15) is 0 Å². The van der Waals surface area contributed by atoms with Crippen LogP contribution in [0.15, 0.2) is 0 Å². The van der Waals surface area contributed by atoms with Crippen LogP contribution in [0, 0.1) is 0 Å². The number of carbonyl (C=O) groups is 1. The molecule has 1 unspecified atom stereocenters. The molecule has 2 aliphatic heterocycles. The minimum absolute atomic E-state index is 0.0814. The first-order chi connectivity index (χ1) is 8.63. The van der Waals surface area contributed by atoms with Gasteiger partial charge in [0, 0.05) is 39.8 Å². The van der Waals surface area contributed by atoms with E-state index in [1.54, 1.807) is 7.11 Å². The van der Waals surface area contributed by atoms with Crippen LogP contribution in [-0.4, -0.2) is 74.2 Å². The van der Waals surface area contributed by atoms with Gasteiger partial charge in [-0.25, -0.2) is 0 Å². The molecule has 1 N–H and O–H groups in total. The number of hydrogen-bond acceptors (Lipinski definition) is 4. The fraction of sp³-hybridized carbons (Fsp3) is 0.923. The topological polar surface area (TPSA) is 44.8 Å². The molecule has 0 spiro atoms. The third-order valence-corrected chi connectivity index (χ3v) is 4.06. The number of hydrogen-bond donors (Lipinski definition) is 1. The second-order valence-electron chi connectivity index (χ2n) is 5.60. The smallest absolute Gasteiger partial charge is 0.236 e. The van der Waals surface area contributed by atoms with E-state index >= 15 is 0 Å². The number of piperidine rings is 1. The molecule has 5 heteroatoms. The molecule has 104 valence electrons. The highest BCUT2D eigenvalue weighted by molar-refractivity contribution is 5.78. The number of nitrogens with zero attached hydrogens (tertiary/aromatic N) is 2. The maximum Gasteiger partial charge on any atom is 0.236 e. The molecule has 2 aliphatic rings.